The zero-order valence-corrected chi connectivity index (χ0v) is 14.5. The Hall–Kier alpha value is -2.54. The number of nitrogens with zero attached hydrogens (tertiary/aromatic N) is 2. The maximum absolute atomic E-state index is 12.7. The summed E-state index contributed by atoms with van der Waals surface area (Å²) in [5, 5.41) is 11.1. The molecule has 2 heterocycles. The molecule has 2 aromatic heterocycles. The first-order valence-corrected chi connectivity index (χ1v) is 8.98. The van der Waals surface area contributed by atoms with Crippen molar-refractivity contribution in [1.82, 2.24) is 15.5 Å². The molecule has 1 N–H and O–H groups in total. The third-order valence-electron chi connectivity index (χ3n) is 3.98. The predicted molar refractivity (Wildman–Crippen MR) is 92.9 cm³/mol. The van der Waals surface area contributed by atoms with Crippen LogP contribution in [-0.4, -0.2) is 22.1 Å². The van der Waals surface area contributed by atoms with Gasteiger partial charge in [0.1, 0.15) is 11.0 Å². The number of nitrogens with one attached hydrogen (secondary N) is 1. The SMILES string of the molecule is Cc1occc1-c1nnc(SC(C(=O)NC2CC2)c2ccccc2)o1. The van der Waals surface area contributed by atoms with E-state index in [1.807, 2.05) is 37.3 Å². The maximum atomic E-state index is 12.7. The highest BCUT2D eigenvalue weighted by atomic mass is 32.2. The number of thioether (sulfide) groups is 1. The first-order valence-electron chi connectivity index (χ1n) is 8.10. The van der Waals surface area contributed by atoms with E-state index in [-0.39, 0.29) is 5.91 Å². The van der Waals surface area contributed by atoms with Crippen LogP contribution in [0.1, 0.15) is 29.4 Å². The highest BCUT2D eigenvalue weighted by Gasteiger charge is 2.30. The number of carbonyl (C=O) groups is 1. The Balaban J connectivity index is 1.57. The minimum absolute atomic E-state index is 0.0297. The number of aryl methyl sites for hydroxylation is 1. The fourth-order valence-electron chi connectivity index (χ4n) is 2.48. The van der Waals surface area contributed by atoms with Gasteiger partial charge in [0.25, 0.3) is 11.1 Å². The predicted octanol–water partition coefficient (Wildman–Crippen LogP) is 3.75. The molecular formula is C18H17N3O3S. The highest BCUT2D eigenvalue weighted by molar-refractivity contribution is 8.00. The second-order valence-corrected chi connectivity index (χ2v) is 7.01. The van der Waals surface area contributed by atoms with Crippen LogP contribution in [0.3, 0.4) is 0 Å². The van der Waals surface area contributed by atoms with E-state index in [0.29, 0.717) is 22.9 Å². The summed E-state index contributed by atoms with van der Waals surface area (Å²) in [6, 6.07) is 11.7. The highest BCUT2D eigenvalue weighted by Crippen LogP contribution is 2.37. The van der Waals surface area contributed by atoms with Crippen molar-refractivity contribution in [2.75, 3.05) is 0 Å². The van der Waals surface area contributed by atoms with Gasteiger partial charge in [0.05, 0.1) is 11.8 Å². The van der Waals surface area contributed by atoms with Gasteiger partial charge < -0.3 is 14.2 Å². The van der Waals surface area contributed by atoms with E-state index < -0.39 is 5.25 Å². The van der Waals surface area contributed by atoms with Crippen LogP contribution in [0.25, 0.3) is 11.5 Å². The van der Waals surface area contributed by atoms with E-state index in [1.54, 1.807) is 12.3 Å². The molecule has 4 rings (SSSR count). The van der Waals surface area contributed by atoms with Crippen LogP contribution in [0, 0.1) is 6.92 Å². The largest absolute Gasteiger partial charge is 0.469 e. The lowest BCUT2D eigenvalue weighted by Gasteiger charge is -2.14. The van der Waals surface area contributed by atoms with Crippen molar-refractivity contribution < 1.29 is 13.6 Å². The number of furan rings is 1. The van der Waals surface area contributed by atoms with Crippen molar-refractivity contribution in [1.29, 1.82) is 0 Å². The minimum Gasteiger partial charge on any atom is -0.469 e. The molecule has 25 heavy (non-hydrogen) atoms. The molecule has 6 nitrogen and oxygen atoms in total. The normalized spacial score (nSPS) is 15.1. The number of benzene rings is 1. The average molecular weight is 355 g/mol. The Labute approximate surface area is 149 Å². The van der Waals surface area contributed by atoms with Crippen molar-refractivity contribution in [2.45, 2.75) is 36.3 Å². The second kappa shape index (κ2) is 6.76. The fraction of sp³-hybridized carbons (Fsp3) is 0.278. The van der Waals surface area contributed by atoms with Crippen LogP contribution < -0.4 is 5.32 Å². The summed E-state index contributed by atoms with van der Waals surface area (Å²) in [7, 11) is 0. The smallest absolute Gasteiger partial charge is 0.277 e. The third kappa shape index (κ3) is 3.61. The summed E-state index contributed by atoms with van der Waals surface area (Å²) >= 11 is 1.26. The first-order chi connectivity index (χ1) is 12.2. The second-order valence-electron chi connectivity index (χ2n) is 5.96. The molecule has 1 aliphatic carbocycles. The molecule has 0 radical (unpaired) electrons. The lowest BCUT2D eigenvalue weighted by Crippen LogP contribution is -2.29. The van der Waals surface area contributed by atoms with Gasteiger partial charge in [-0.1, -0.05) is 30.3 Å². The van der Waals surface area contributed by atoms with Crippen LogP contribution in [0.2, 0.25) is 0 Å². The van der Waals surface area contributed by atoms with Gasteiger partial charge in [-0.15, -0.1) is 10.2 Å². The zero-order valence-electron chi connectivity index (χ0n) is 13.6. The zero-order chi connectivity index (χ0) is 17.2. The van der Waals surface area contributed by atoms with Gasteiger partial charge in [0.15, 0.2) is 0 Å². The summed E-state index contributed by atoms with van der Waals surface area (Å²) in [5.41, 5.74) is 1.67. The molecule has 0 bridgehead atoms. The summed E-state index contributed by atoms with van der Waals surface area (Å²) in [5.74, 6) is 1.08. The molecule has 1 saturated carbocycles. The van der Waals surface area contributed by atoms with Gasteiger partial charge in [0.2, 0.25) is 5.91 Å². The molecule has 1 unspecified atom stereocenters. The van der Waals surface area contributed by atoms with Gasteiger partial charge in [-0.3, -0.25) is 4.79 Å². The average Bonchev–Trinajstić information content (AvgIpc) is 3.14. The Kier molecular flexibility index (Phi) is 4.31. The van der Waals surface area contributed by atoms with Gasteiger partial charge in [-0.2, -0.15) is 0 Å². The Morgan fingerprint density at radius 1 is 1.24 bits per heavy atom. The molecule has 1 atom stereocenters. The Morgan fingerprint density at radius 3 is 2.72 bits per heavy atom. The molecule has 7 heteroatoms. The Bertz CT molecular complexity index is 871. The van der Waals surface area contributed by atoms with Crippen molar-refractivity contribution in [3.8, 4) is 11.5 Å². The van der Waals surface area contributed by atoms with Crippen molar-refractivity contribution in [2.24, 2.45) is 0 Å². The van der Waals surface area contributed by atoms with E-state index in [4.69, 9.17) is 8.83 Å². The van der Waals surface area contributed by atoms with Gasteiger partial charge in [-0.25, -0.2) is 0 Å². The lowest BCUT2D eigenvalue weighted by molar-refractivity contribution is -0.120. The monoisotopic (exact) mass is 355 g/mol. The lowest BCUT2D eigenvalue weighted by atomic mass is 10.1. The van der Waals surface area contributed by atoms with E-state index in [1.165, 1.54) is 11.8 Å². The van der Waals surface area contributed by atoms with Crippen molar-refractivity contribution in [3.63, 3.8) is 0 Å². The molecule has 1 amide bonds. The number of hydrogen-bond acceptors (Lipinski definition) is 6. The topological polar surface area (TPSA) is 81.2 Å². The molecule has 1 fully saturated rings. The molecule has 3 aromatic rings. The van der Waals surface area contributed by atoms with E-state index >= 15 is 0 Å². The summed E-state index contributed by atoms with van der Waals surface area (Å²) in [4.78, 5) is 12.7. The molecule has 1 aromatic carbocycles. The number of carbonyl (C=O) groups excluding carboxylic acids is 1. The summed E-state index contributed by atoms with van der Waals surface area (Å²) < 4.78 is 11.0. The van der Waals surface area contributed by atoms with Gasteiger partial charge >= 0.3 is 0 Å². The molecular weight excluding hydrogens is 338 g/mol. The van der Waals surface area contributed by atoms with Crippen LogP contribution in [0.4, 0.5) is 0 Å². The van der Waals surface area contributed by atoms with Gasteiger partial charge in [0, 0.05) is 6.04 Å². The summed E-state index contributed by atoms with van der Waals surface area (Å²) in [6.45, 7) is 1.84. The van der Waals surface area contributed by atoms with Gasteiger partial charge in [-0.05, 0) is 43.2 Å². The van der Waals surface area contributed by atoms with E-state index in [2.05, 4.69) is 15.5 Å². The van der Waals surface area contributed by atoms with Crippen LogP contribution in [-0.2, 0) is 4.79 Å². The molecule has 0 spiro atoms. The maximum Gasteiger partial charge on any atom is 0.277 e. The van der Waals surface area contributed by atoms with E-state index in [0.717, 1.165) is 24.0 Å². The fourth-order valence-corrected chi connectivity index (χ4v) is 3.36. The number of amides is 1. The molecule has 1 aliphatic rings. The van der Waals surface area contributed by atoms with E-state index in [9.17, 15) is 4.79 Å². The van der Waals surface area contributed by atoms with Crippen LogP contribution >= 0.6 is 11.8 Å². The number of aromatic nitrogens is 2. The Morgan fingerprint density at radius 2 is 2.04 bits per heavy atom. The van der Waals surface area contributed by atoms with Crippen molar-refractivity contribution >= 4 is 17.7 Å². The minimum atomic E-state index is -0.430. The third-order valence-corrected chi connectivity index (χ3v) is 5.07. The summed E-state index contributed by atoms with van der Waals surface area (Å²) in [6.07, 6.45) is 3.67. The first kappa shape index (κ1) is 16.0. The number of hydrogen-bond donors (Lipinski definition) is 1. The molecule has 0 aliphatic heterocycles. The quantitative estimate of drug-likeness (QED) is 0.678. The standard InChI is InChI=1S/C18H17N3O3S/c1-11-14(9-10-23-11)17-20-21-18(24-17)25-15(12-5-3-2-4-6-12)16(22)19-13-7-8-13/h2-6,9-10,13,15H,7-8H2,1H3,(H,19,22). The molecule has 128 valence electrons. The van der Waals surface area contributed by atoms with Crippen LogP contribution in [0.5, 0.6) is 0 Å². The van der Waals surface area contributed by atoms with Crippen molar-refractivity contribution in [3.05, 3.63) is 54.0 Å². The van der Waals surface area contributed by atoms with Crippen LogP contribution in [0.15, 0.2) is 56.7 Å². The molecule has 0 saturated heterocycles. The number of rotatable bonds is 6.